The minimum absolute atomic E-state index is 0.0847. The van der Waals surface area contributed by atoms with Crippen LogP contribution in [0.2, 0.25) is 0 Å². The molecule has 44 heavy (non-hydrogen) atoms. The zero-order chi connectivity index (χ0) is 31.1. The van der Waals surface area contributed by atoms with Crippen LogP contribution in [0.4, 0.5) is 8.78 Å². The Hall–Kier alpha value is -4.36. The number of fused-ring (bicyclic) bond motifs is 3. The maximum absolute atomic E-state index is 13.5. The number of hydrogen-bond donors (Lipinski definition) is 2. The van der Waals surface area contributed by atoms with Gasteiger partial charge in [-0.05, 0) is 70.6 Å². The number of carboxylic acid groups (broad SMARTS) is 1. The first-order valence-electron chi connectivity index (χ1n) is 14.2. The summed E-state index contributed by atoms with van der Waals surface area (Å²) in [6.45, 7) is 2.37. The lowest BCUT2D eigenvalue weighted by molar-refractivity contribution is -0.137. The Morgan fingerprint density at radius 3 is 2.84 bits per heavy atom. The van der Waals surface area contributed by atoms with Crippen molar-refractivity contribution in [2.45, 2.75) is 58.4 Å². The molecule has 6 rings (SSSR count). The highest BCUT2D eigenvalue weighted by molar-refractivity contribution is 7.17. The predicted molar refractivity (Wildman–Crippen MR) is 162 cm³/mol. The van der Waals surface area contributed by atoms with Crippen LogP contribution in [-0.2, 0) is 24.9 Å². The molecule has 0 aliphatic carbocycles. The molecule has 0 spiro atoms. The van der Waals surface area contributed by atoms with Gasteiger partial charge in [-0.3, -0.25) is 14.5 Å². The first-order valence-corrected chi connectivity index (χ1v) is 15.1. The van der Waals surface area contributed by atoms with Gasteiger partial charge in [0.25, 0.3) is 0 Å². The fourth-order valence-electron chi connectivity index (χ4n) is 6.07. The third-order valence-corrected chi connectivity index (χ3v) is 9.11. The molecule has 3 aromatic heterocycles. The molecule has 2 atom stereocenters. The lowest BCUT2D eigenvalue weighted by Crippen LogP contribution is -2.32. The fourth-order valence-corrected chi connectivity index (χ4v) is 6.96. The highest BCUT2D eigenvalue weighted by Gasteiger charge is 2.28. The minimum atomic E-state index is -3.08. The Labute approximate surface area is 254 Å². The van der Waals surface area contributed by atoms with Gasteiger partial charge in [0.05, 0.1) is 12.1 Å². The normalized spacial score (nSPS) is 16.2. The summed E-state index contributed by atoms with van der Waals surface area (Å²) in [5.74, 6) is -1.17. The standard InChI is InChI=1S/C31H31F2N5O5S/c1-4-20-14-38(15-23-24(42-20)5-6-26(39)34-23)13-19-10-18(9-17-7-8-44-30(17)19)22(12-27(40)41)21-11-25(43-31(32)33)29-28(16(21)2)35-36-37(29)3/h5-11,20,22,31H,4,12-15H2,1-3H3,(H,34,39)(H,40,41)/t20-,22-/m1/s1. The molecule has 0 bridgehead atoms. The van der Waals surface area contributed by atoms with Crippen molar-refractivity contribution in [2.24, 2.45) is 7.05 Å². The topological polar surface area (TPSA) is 123 Å². The van der Waals surface area contributed by atoms with Crippen LogP contribution in [0.3, 0.4) is 0 Å². The van der Waals surface area contributed by atoms with E-state index in [2.05, 4.69) is 27.1 Å². The van der Waals surface area contributed by atoms with Gasteiger partial charge < -0.3 is 19.6 Å². The van der Waals surface area contributed by atoms with Crippen LogP contribution >= 0.6 is 11.3 Å². The van der Waals surface area contributed by atoms with Crippen LogP contribution < -0.4 is 15.0 Å². The van der Waals surface area contributed by atoms with E-state index < -0.39 is 18.5 Å². The number of ether oxygens (including phenoxy) is 2. The van der Waals surface area contributed by atoms with E-state index in [0.29, 0.717) is 53.2 Å². The highest BCUT2D eigenvalue weighted by atomic mass is 32.1. The molecule has 0 fully saturated rings. The van der Waals surface area contributed by atoms with Gasteiger partial charge in [-0.25, -0.2) is 4.68 Å². The molecule has 2 N–H and O–H groups in total. The number of halogens is 2. The average molecular weight is 624 g/mol. The number of nitrogens with one attached hydrogen (secondary N) is 1. The number of benzene rings is 2. The molecule has 1 aliphatic rings. The Balaban J connectivity index is 1.45. The van der Waals surface area contributed by atoms with Crippen LogP contribution in [-0.4, -0.2) is 55.2 Å². The van der Waals surface area contributed by atoms with Gasteiger partial charge in [-0.1, -0.05) is 18.2 Å². The molecule has 0 saturated carbocycles. The van der Waals surface area contributed by atoms with Crippen molar-refractivity contribution in [1.29, 1.82) is 0 Å². The number of aliphatic carboxylic acids is 1. The summed E-state index contributed by atoms with van der Waals surface area (Å²) in [6.07, 6.45) is 0.413. The summed E-state index contributed by atoms with van der Waals surface area (Å²) in [7, 11) is 1.59. The fraction of sp³-hybridized carbons (Fsp3) is 0.355. The molecule has 13 heteroatoms. The van der Waals surface area contributed by atoms with Crippen molar-refractivity contribution in [2.75, 3.05) is 6.54 Å². The van der Waals surface area contributed by atoms with Crippen LogP contribution in [0.15, 0.2) is 46.6 Å². The predicted octanol–water partition coefficient (Wildman–Crippen LogP) is 5.56. The summed E-state index contributed by atoms with van der Waals surface area (Å²) in [5.41, 5.74) is 4.07. The SMILES string of the molecule is CC[C@@H]1CN(Cc2cc([C@@H](CC(=O)O)c3cc(OC(F)F)c4c(nnn4C)c3C)cc3ccsc23)Cc2[nH]c(=O)ccc2O1. The van der Waals surface area contributed by atoms with Crippen LogP contribution in [0.1, 0.15) is 53.6 Å². The summed E-state index contributed by atoms with van der Waals surface area (Å²) < 4.78 is 40.4. The number of pyridine rings is 1. The third kappa shape index (κ3) is 5.76. The average Bonchev–Trinajstić information content (AvgIpc) is 3.56. The van der Waals surface area contributed by atoms with E-state index >= 15 is 0 Å². The number of rotatable bonds is 9. The first kappa shape index (κ1) is 29.7. The van der Waals surface area contributed by atoms with Crippen molar-refractivity contribution in [1.82, 2.24) is 24.9 Å². The second-order valence-electron chi connectivity index (χ2n) is 11.0. The van der Waals surface area contributed by atoms with Crippen molar-refractivity contribution >= 4 is 38.4 Å². The van der Waals surface area contributed by atoms with Crippen LogP contribution in [0.5, 0.6) is 11.5 Å². The number of aryl methyl sites for hydroxylation is 2. The number of H-pyrrole nitrogens is 1. The Morgan fingerprint density at radius 1 is 1.27 bits per heavy atom. The van der Waals surface area contributed by atoms with E-state index in [1.165, 1.54) is 16.8 Å². The molecule has 230 valence electrons. The van der Waals surface area contributed by atoms with Gasteiger partial charge in [0.2, 0.25) is 5.56 Å². The van der Waals surface area contributed by atoms with Gasteiger partial charge in [0.15, 0.2) is 5.75 Å². The van der Waals surface area contributed by atoms with E-state index in [9.17, 15) is 23.5 Å². The number of thiophene rings is 1. The molecular weight excluding hydrogens is 592 g/mol. The van der Waals surface area contributed by atoms with Crippen molar-refractivity contribution < 1.29 is 28.2 Å². The van der Waals surface area contributed by atoms with Gasteiger partial charge in [0.1, 0.15) is 22.9 Å². The zero-order valence-corrected chi connectivity index (χ0v) is 25.2. The Bertz CT molecular complexity index is 1920. The van der Waals surface area contributed by atoms with Crippen LogP contribution in [0, 0.1) is 6.92 Å². The lowest BCUT2D eigenvalue weighted by Gasteiger charge is -2.25. The zero-order valence-electron chi connectivity index (χ0n) is 24.3. The Morgan fingerprint density at radius 2 is 2.09 bits per heavy atom. The summed E-state index contributed by atoms with van der Waals surface area (Å²) in [5, 5.41) is 21.1. The lowest BCUT2D eigenvalue weighted by atomic mass is 9.84. The molecule has 1 aliphatic heterocycles. The molecule has 0 amide bonds. The maximum Gasteiger partial charge on any atom is 0.387 e. The second-order valence-corrected chi connectivity index (χ2v) is 11.9. The van der Waals surface area contributed by atoms with Gasteiger partial charge >= 0.3 is 12.6 Å². The molecule has 10 nitrogen and oxygen atoms in total. The van der Waals surface area contributed by atoms with E-state index in [1.54, 1.807) is 31.4 Å². The van der Waals surface area contributed by atoms with Crippen molar-refractivity contribution in [3.05, 3.63) is 80.1 Å². The number of carboxylic acids is 1. The number of aromatic nitrogens is 4. The molecule has 2 aromatic carbocycles. The number of carbonyl (C=O) groups is 1. The summed E-state index contributed by atoms with van der Waals surface area (Å²) in [6, 6.07) is 10.6. The van der Waals surface area contributed by atoms with Gasteiger partial charge in [0, 0.05) is 43.4 Å². The monoisotopic (exact) mass is 623 g/mol. The second kappa shape index (κ2) is 12.0. The Kier molecular flexibility index (Phi) is 8.08. The minimum Gasteiger partial charge on any atom is -0.487 e. The van der Waals surface area contributed by atoms with Gasteiger partial charge in [-0.2, -0.15) is 8.78 Å². The van der Waals surface area contributed by atoms with Crippen molar-refractivity contribution in [3.63, 3.8) is 0 Å². The molecular formula is C31H31F2N5O5S. The van der Waals surface area contributed by atoms with E-state index in [-0.39, 0.29) is 23.8 Å². The van der Waals surface area contributed by atoms with Crippen LogP contribution in [0.25, 0.3) is 21.1 Å². The number of alkyl halides is 2. The highest BCUT2D eigenvalue weighted by Crippen LogP contribution is 2.40. The molecule has 4 heterocycles. The largest absolute Gasteiger partial charge is 0.487 e. The van der Waals surface area contributed by atoms with E-state index in [4.69, 9.17) is 9.47 Å². The van der Waals surface area contributed by atoms with Gasteiger partial charge in [-0.15, -0.1) is 16.4 Å². The molecule has 5 aromatic rings. The summed E-state index contributed by atoms with van der Waals surface area (Å²) in [4.78, 5) is 29.5. The van der Waals surface area contributed by atoms with E-state index in [0.717, 1.165) is 27.6 Å². The number of aromatic amines is 1. The molecule has 0 saturated heterocycles. The number of hydrogen-bond acceptors (Lipinski definition) is 8. The number of nitrogens with zero attached hydrogens (tertiary/aromatic N) is 4. The first-order chi connectivity index (χ1) is 21.1. The smallest absolute Gasteiger partial charge is 0.387 e. The van der Waals surface area contributed by atoms with E-state index in [1.807, 2.05) is 23.6 Å². The quantitative estimate of drug-likeness (QED) is 0.219. The molecule has 0 unspecified atom stereocenters. The summed E-state index contributed by atoms with van der Waals surface area (Å²) >= 11 is 1.59. The third-order valence-electron chi connectivity index (χ3n) is 8.10. The molecule has 0 radical (unpaired) electrons. The van der Waals surface area contributed by atoms with Crippen molar-refractivity contribution in [3.8, 4) is 11.5 Å². The maximum atomic E-state index is 13.5.